The quantitative estimate of drug-likeness (QED) is 0.631. The molecule has 0 spiro atoms. The number of anilines is 1. The minimum Gasteiger partial charge on any atom is -0.302 e. The summed E-state index contributed by atoms with van der Waals surface area (Å²) in [5.41, 5.74) is 0.714. The van der Waals surface area contributed by atoms with Crippen molar-refractivity contribution in [3.8, 4) is 0 Å². The lowest BCUT2D eigenvalue weighted by Crippen LogP contribution is -2.50. The van der Waals surface area contributed by atoms with Gasteiger partial charge < -0.3 is 4.79 Å². The zero-order valence-corrected chi connectivity index (χ0v) is 14.3. The van der Waals surface area contributed by atoms with E-state index in [1.807, 2.05) is 24.3 Å². The molecule has 1 unspecified atom stereocenters. The third kappa shape index (κ3) is 1.66. The number of carbonyl (C=O) groups is 1. The van der Waals surface area contributed by atoms with Crippen LogP contribution in [-0.2, 0) is 20.2 Å². The third-order valence-corrected chi connectivity index (χ3v) is 7.79. The highest BCUT2D eigenvalue weighted by Crippen LogP contribution is 2.61. The van der Waals surface area contributed by atoms with Crippen molar-refractivity contribution < 1.29 is 13.2 Å². The van der Waals surface area contributed by atoms with Crippen molar-refractivity contribution in [1.82, 2.24) is 0 Å². The molecule has 4 nitrogen and oxygen atoms in total. The Hall–Kier alpha value is -2.40. The Kier molecular flexibility index (Phi) is 2.87. The van der Waals surface area contributed by atoms with E-state index in [0.717, 1.165) is 18.3 Å². The van der Waals surface area contributed by atoms with Crippen LogP contribution in [0.15, 0.2) is 71.6 Å². The predicted molar refractivity (Wildman–Crippen MR) is 94.8 cm³/mol. The van der Waals surface area contributed by atoms with E-state index in [-0.39, 0.29) is 22.8 Å². The first kappa shape index (κ1) is 14.9. The predicted octanol–water partition coefficient (Wildman–Crippen LogP) is 2.91. The fourth-order valence-corrected chi connectivity index (χ4v) is 6.78. The molecule has 0 radical (unpaired) electrons. The number of nitrogens with zero attached hydrogens (tertiary/aromatic N) is 1. The van der Waals surface area contributed by atoms with Gasteiger partial charge in [0.05, 0.1) is 22.0 Å². The Morgan fingerprint density at radius 1 is 1.00 bits per heavy atom. The number of fused-ring (bicyclic) bond motifs is 7. The lowest BCUT2D eigenvalue weighted by atomic mass is 9.71. The SMILES string of the molecule is O=C[C@]12c3ccccc3N(S(=O)(=O)c3ccccc3)C1[C@@H]1C=C[C@H]2C1. The molecule has 0 amide bonds. The molecule has 0 aromatic heterocycles. The number of aldehydes is 1. The summed E-state index contributed by atoms with van der Waals surface area (Å²) < 4.78 is 28.4. The maximum absolute atomic E-state index is 13.5. The van der Waals surface area contributed by atoms with Gasteiger partial charge in [-0.1, -0.05) is 48.6 Å². The first-order chi connectivity index (χ1) is 12.1. The number of carbonyl (C=O) groups excluding carboxylic acids is 1. The molecular weight excluding hydrogens is 334 g/mol. The molecule has 4 atom stereocenters. The van der Waals surface area contributed by atoms with Gasteiger partial charge in [0.1, 0.15) is 6.29 Å². The molecule has 2 aromatic carbocycles. The van der Waals surface area contributed by atoms with Crippen molar-refractivity contribution in [1.29, 1.82) is 0 Å². The van der Waals surface area contributed by atoms with Crippen LogP contribution in [-0.4, -0.2) is 20.7 Å². The van der Waals surface area contributed by atoms with Gasteiger partial charge in [-0.05, 0) is 36.1 Å². The molecule has 3 aliphatic rings. The Balaban J connectivity index is 1.79. The van der Waals surface area contributed by atoms with E-state index in [9.17, 15) is 13.2 Å². The average Bonchev–Trinajstić information content (AvgIpc) is 3.31. The van der Waals surface area contributed by atoms with E-state index < -0.39 is 15.4 Å². The zero-order chi connectivity index (χ0) is 17.2. The topological polar surface area (TPSA) is 54.5 Å². The Bertz CT molecular complexity index is 999. The number of allylic oxidation sites excluding steroid dienone is 1. The monoisotopic (exact) mass is 351 g/mol. The van der Waals surface area contributed by atoms with Crippen LogP contribution in [0.4, 0.5) is 5.69 Å². The zero-order valence-electron chi connectivity index (χ0n) is 13.4. The van der Waals surface area contributed by atoms with Gasteiger partial charge in [-0.15, -0.1) is 0 Å². The van der Waals surface area contributed by atoms with Crippen LogP contribution in [0.1, 0.15) is 12.0 Å². The van der Waals surface area contributed by atoms with Crippen LogP contribution >= 0.6 is 0 Å². The van der Waals surface area contributed by atoms with Gasteiger partial charge in [-0.25, -0.2) is 8.42 Å². The first-order valence-electron chi connectivity index (χ1n) is 8.44. The van der Waals surface area contributed by atoms with Gasteiger partial charge in [0.25, 0.3) is 10.0 Å². The molecule has 0 saturated heterocycles. The summed E-state index contributed by atoms with van der Waals surface area (Å²) in [6.45, 7) is 0. The molecule has 5 heteroatoms. The lowest BCUT2D eigenvalue weighted by molar-refractivity contribution is -0.113. The van der Waals surface area contributed by atoms with Crippen molar-refractivity contribution in [3.63, 3.8) is 0 Å². The summed E-state index contributed by atoms with van der Waals surface area (Å²) in [5.74, 6) is 0.137. The van der Waals surface area contributed by atoms with E-state index in [0.29, 0.717) is 5.69 Å². The highest BCUT2D eigenvalue weighted by atomic mass is 32.2. The Morgan fingerprint density at radius 3 is 2.48 bits per heavy atom. The van der Waals surface area contributed by atoms with Crippen LogP contribution in [0.2, 0.25) is 0 Å². The lowest BCUT2D eigenvalue weighted by Gasteiger charge is -2.35. The number of para-hydroxylation sites is 1. The molecular formula is C20H17NO3S. The van der Waals surface area contributed by atoms with Crippen LogP contribution in [0, 0.1) is 11.8 Å². The maximum atomic E-state index is 13.5. The number of sulfonamides is 1. The second-order valence-electron chi connectivity index (χ2n) is 7.02. The van der Waals surface area contributed by atoms with E-state index >= 15 is 0 Å². The van der Waals surface area contributed by atoms with Gasteiger partial charge in [0.15, 0.2) is 0 Å². The Labute approximate surface area is 146 Å². The minimum atomic E-state index is -3.74. The van der Waals surface area contributed by atoms with Crippen molar-refractivity contribution >= 4 is 22.0 Å². The molecule has 126 valence electrons. The maximum Gasteiger partial charge on any atom is 0.264 e. The summed E-state index contributed by atoms with van der Waals surface area (Å²) in [6, 6.07) is 15.5. The van der Waals surface area contributed by atoms with Gasteiger partial charge in [-0.3, -0.25) is 4.31 Å². The van der Waals surface area contributed by atoms with E-state index in [4.69, 9.17) is 0 Å². The normalized spacial score (nSPS) is 31.8. The smallest absolute Gasteiger partial charge is 0.264 e. The van der Waals surface area contributed by atoms with Gasteiger partial charge in [0, 0.05) is 5.92 Å². The van der Waals surface area contributed by atoms with Crippen molar-refractivity contribution in [2.45, 2.75) is 22.8 Å². The van der Waals surface area contributed by atoms with E-state index in [1.165, 1.54) is 4.31 Å². The van der Waals surface area contributed by atoms with Gasteiger partial charge in [-0.2, -0.15) is 0 Å². The largest absolute Gasteiger partial charge is 0.302 e. The van der Waals surface area contributed by atoms with E-state index in [1.54, 1.807) is 30.3 Å². The van der Waals surface area contributed by atoms with Crippen LogP contribution < -0.4 is 4.31 Å². The van der Waals surface area contributed by atoms with Crippen molar-refractivity contribution in [2.24, 2.45) is 11.8 Å². The molecule has 1 aliphatic heterocycles. The summed E-state index contributed by atoms with van der Waals surface area (Å²) in [7, 11) is -3.74. The standard InChI is InChI=1S/C20H17NO3S/c22-13-20-15-11-10-14(12-15)19(20)21(18-9-5-4-8-17(18)20)25(23,24)16-6-2-1-3-7-16/h1-11,13-15,19H,12H2/t14-,15+,19?,20+/m1/s1. The van der Waals surface area contributed by atoms with Gasteiger partial charge >= 0.3 is 0 Å². The van der Waals surface area contributed by atoms with Crippen LogP contribution in [0.5, 0.6) is 0 Å². The molecule has 1 heterocycles. The number of hydrogen-bond donors (Lipinski definition) is 0. The van der Waals surface area contributed by atoms with Crippen molar-refractivity contribution in [3.05, 3.63) is 72.3 Å². The number of rotatable bonds is 3. The molecule has 2 aliphatic carbocycles. The molecule has 2 aromatic rings. The first-order valence-corrected chi connectivity index (χ1v) is 9.88. The molecule has 0 N–H and O–H groups in total. The summed E-state index contributed by atoms with van der Waals surface area (Å²) in [5, 5.41) is 0. The van der Waals surface area contributed by atoms with E-state index in [2.05, 4.69) is 12.2 Å². The molecule has 5 rings (SSSR count). The molecule has 1 saturated carbocycles. The summed E-state index contributed by atoms with van der Waals surface area (Å²) in [6.07, 6.45) is 5.99. The summed E-state index contributed by atoms with van der Waals surface area (Å²) >= 11 is 0. The molecule has 2 bridgehead atoms. The van der Waals surface area contributed by atoms with Gasteiger partial charge in [0.2, 0.25) is 0 Å². The summed E-state index contributed by atoms with van der Waals surface area (Å²) in [4.78, 5) is 12.6. The number of benzene rings is 2. The van der Waals surface area contributed by atoms with Crippen LogP contribution in [0.25, 0.3) is 0 Å². The second-order valence-corrected chi connectivity index (χ2v) is 8.83. The van der Waals surface area contributed by atoms with Crippen LogP contribution in [0.3, 0.4) is 0 Å². The average molecular weight is 351 g/mol. The fourth-order valence-electron chi connectivity index (χ4n) is 5.00. The minimum absolute atomic E-state index is 0.0668. The third-order valence-electron chi connectivity index (χ3n) is 5.98. The highest BCUT2D eigenvalue weighted by Gasteiger charge is 2.65. The number of hydrogen-bond acceptors (Lipinski definition) is 3. The second kappa shape index (κ2) is 4.82. The van der Waals surface area contributed by atoms with Crippen molar-refractivity contribution in [2.75, 3.05) is 4.31 Å². The molecule has 25 heavy (non-hydrogen) atoms. The Morgan fingerprint density at radius 2 is 1.72 bits per heavy atom. The highest BCUT2D eigenvalue weighted by molar-refractivity contribution is 7.93. The molecule has 1 fully saturated rings. The fraction of sp³-hybridized carbons (Fsp3) is 0.250.